The maximum Gasteiger partial charge on any atom is 0.433 e. The molecule has 0 fully saturated rings. The molecule has 1 aromatic carbocycles. The molecule has 0 aliphatic rings. The van der Waals surface area contributed by atoms with Gasteiger partial charge in [-0.15, -0.1) is 0 Å². The number of aromatic nitrogens is 1. The summed E-state index contributed by atoms with van der Waals surface area (Å²) in [5.74, 6) is 0. The standard InChI is InChI=1S/C12H11F3N2/c1-6-3-7(2)11-8(16)5-10(12(13,14)15)17-9(11)4-6/h3-5H,1-2H3,(H2,16,17). The van der Waals surface area contributed by atoms with Crippen LogP contribution in [0.5, 0.6) is 0 Å². The average Bonchev–Trinajstić information content (AvgIpc) is 2.13. The minimum absolute atomic E-state index is 0.111. The molecule has 2 N–H and O–H groups in total. The van der Waals surface area contributed by atoms with Gasteiger partial charge in [0.15, 0.2) is 0 Å². The van der Waals surface area contributed by atoms with Crippen LogP contribution in [0, 0.1) is 13.8 Å². The van der Waals surface area contributed by atoms with Gasteiger partial charge in [0.25, 0.3) is 0 Å². The van der Waals surface area contributed by atoms with E-state index in [0.717, 1.165) is 17.2 Å². The molecule has 2 rings (SSSR count). The van der Waals surface area contributed by atoms with Gasteiger partial charge in [-0.25, -0.2) is 4.98 Å². The zero-order chi connectivity index (χ0) is 12.8. The fourth-order valence-corrected chi connectivity index (χ4v) is 1.94. The van der Waals surface area contributed by atoms with E-state index in [-0.39, 0.29) is 11.2 Å². The number of nitrogen functional groups attached to an aromatic ring is 1. The van der Waals surface area contributed by atoms with Gasteiger partial charge in [0, 0.05) is 11.1 Å². The first-order valence-electron chi connectivity index (χ1n) is 5.03. The van der Waals surface area contributed by atoms with Crippen LogP contribution in [0.15, 0.2) is 18.2 Å². The zero-order valence-electron chi connectivity index (χ0n) is 9.39. The Bertz CT molecular complexity index is 588. The molecule has 5 heteroatoms. The quantitative estimate of drug-likeness (QED) is 0.765. The average molecular weight is 240 g/mol. The second-order valence-corrected chi connectivity index (χ2v) is 4.07. The lowest BCUT2D eigenvalue weighted by Crippen LogP contribution is -2.09. The molecule has 1 heterocycles. The zero-order valence-corrected chi connectivity index (χ0v) is 9.39. The molecular formula is C12H11F3N2. The van der Waals surface area contributed by atoms with E-state index in [2.05, 4.69) is 4.98 Å². The Labute approximate surface area is 96.3 Å². The van der Waals surface area contributed by atoms with Gasteiger partial charge in [-0.1, -0.05) is 6.07 Å². The van der Waals surface area contributed by atoms with Crippen LogP contribution >= 0.6 is 0 Å². The number of halogens is 3. The lowest BCUT2D eigenvalue weighted by molar-refractivity contribution is -0.140. The van der Waals surface area contributed by atoms with Gasteiger partial charge in [-0.2, -0.15) is 13.2 Å². The Balaban J connectivity index is 2.82. The first-order chi connectivity index (χ1) is 7.79. The van der Waals surface area contributed by atoms with Gasteiger partial charge in [0.2, 0.25) is 0 Å². The molecule has 0 aliphatic heterocycles. The summed E-state index contributed by atoms with van der Waals surface area (Å²) >= 11 is 0. The third-order valence-corrected chi connectivity index (χ3v) is 2.57. The second-order valence-electron chi connectivity index (χ2n) is 4.07. The lowest BCUT2D eigenvalue weighted by Gasteiger charge is -2.11. The van der Waals surface area contributed by atoms with Crippen LogP contribution in [0.25, 0.3) is 10.9 Å². The summed E-state index contributed by atoms with van der Waals surface area (Å²) in [5, 5.41) is 0.587. The lowest BCUT2D eigenvalue weighted by atomic mass is 10.0. The van der Waals surface area contributed by atoms with Crippen molar-refractivity contribution in [3.05, 3.63) is 35.0 Å². The third-order valence-electron chi connectivity index (χ3n) is 2.57. The van der Waals surface area contributed by atoms with Crippen molar-refractivity contribution in [3.63, 3.8) is 0 Å². The number of anilines is 1. The highest BCUT2D eigenvalue weighted by atomic mass is 19.4. The summed E-state index contributed by atoms with van der Waals surface area (Å²) in [4.78, 5) is 3.62. The van der Waals surface area contributed by atoms with Crippen LogP contribution < -0.4 is 5.73 Å². The Hall–Kier alpha value is -1.78. The van der Waals surface area contributed by atoms with Crippen LogP contribution in [0.3, 0.4) is 0 Å². The molecule has 1 aromatic heterocycles. The Morgan fingerprint density at radius 2 is 1.76 bits per heavy atom. The van der Waals surface area contributed by atoms with E-state index in [1.54, 1.807) is 13.0 Å². The number of fused-ring (bicyclic) bond motifs is 1. The molecule has 0 saturated carbocycles. The monoisotopic (exact) mass is 240 g/mol. The maximum absolute atomic E-state index is 12.6. The molecule has 0 amide bonds. The normalized spacial score (nSPS) is 12.1. The number of hydrogen-bond donors (Lipinski definition) is 1. The van der Waals surface area contributed by atoms with Crippen molar-refractivity contribution in [1.29, 1.82) is 0 Å². The second kappa shape index (κ2) is 3.61. The Kier molecular flexibility index (Phi) is 2.49. The molecule has 0 spiro atoms. The molecule has 0 radical (unpaired) electrons. The first kappa shape index (κ1) is 11.7. The molecular weight excluding hydrogens is 229 g/mol. The van der Waals surface area contributed by atoms with Crippen molar-refractivity contribution in [2.75, 3.05) is 5.73 Å². The van der Waals surface area contributed by atoms with Gasteiger partial charge in [-0.05, 0) is 37.1 Å². The number of hydrogen-bond acceptors (Lipinski definition) is 2. The summed E-state index contributed by atoms with van der Waals surface area (Å²) in [6.45, 7) is 3.62. The number of aryl methyl sites for hydroxylation is 2. The van der Waals surface area contributed by atoms with E-state index in [0.29, 0.717) is 5.39 Å². The van der Waals surface area contributed by atoms with Crippen molar-refractivity contribution in [2.24, 2.45) is 0 Å². The number of benzene rings is 1. The molecule has 2 aromatic rings. The van der Waals surface area contributed by atoms with E-state index >= 15 is 0 Å². The van der Waals surface area contributed by atoms with E-state index in [4.69, 9.17) is 5.73 Å². The predicted octanol–water partition coefficient (Wildman–Crippen LogP) is 3.45. The largest absolute Gasteiger partial charge is 0.433 e. The van der Waals surface area contributed by atoms with Gasteiger partial charge in [0.05, 0.1) is 5.52 Å². The summed E-state index contributed by atoms with van der Waals surface area (Å²) in [6.07, 6.45) is -4.47. The van der Waals surface area contributed by atoms with E-state index in [1.165, 1.54) is 0 Å². The molecule has 2 nitrogen and oxygen atoms in total. The summed E-state index contributed by atoms with van der Waals surface area (Å²) < 4.78 is 37.7. The third kappa shape index (κ3) is 2.05. The van der Waals surface area contributed by atoms with Crippen LogP contribution in [-0.2, 0) is 6.18 Å². The highest BCUT2D eigenvalue weighted by Gasteiger charge is 2.33. The van der Waals surface area contributed by atoms with Gasteiger partial charge in [-0.3, -0.25) is 0 Å². The number of nitrogens with two attached hydrogens (primary N) is 1. The van der Waals surface area contributed by atoms with Crippen molar-refractivity contribution in [2.45, 2.75) is 20.0 Å². The molecule has 90 valence electrons. The molecule has 0 saturated heterocycles. The van der Waals surface area contributed by atoms with Crippen molar-refractivity contribution in [3.8, 4) is 0 Å². The molecule has 0 aliphatic carbocycles. The number of rotatable bonds is 0. The summed E-state index contributed by atoms with van der Waals surface area (Å²) in [7, 11) is 0. The predicted molar refractivity (Wildman–Crippen MR) is 60.6 cm³/mol. The number of alkyl halides is 3. The van der Waals surface area contributed by atoms with Gasteiger partial charge >= 0.3 is 6.18 Å². The maximum atomic E-state index is 12.6. The summed E-state index contributed by atoms with van der Waals surface area (Å²) in [5.41, 5.74) is 6.81. The van der Waals surface area contributed by atoms with Crippen molar-refractivity contribution in [1.82, 2.24) is 4.98 Å². The minimum atomic E-state index is -4.47. The van der Waals surface area contributed by atoms with Crippen molar-refractivity contribution >= 4 is 16.6 Å². The van der Waals surface area contributed by atoms with E-state index in [1.807, 2.05) is 13.0 Å². The summed E-state index contributed by atoms with van der Waals surface area (Å²) in [6, 6.07) is 4.35. The first-order valence-corrected chi connectivity index (χ1v) is 5.03. The van der Waals surface area contributed by atoms with Crippen LogP contribution in [0.1, 0.15) is 16.8 Å². The highest BCUT2D eigenvalue weighted by molar-refractivity contribution is 5.93. The van der Waals surface area contributed by atoms with Crippen LogP contribution in [-0.4, -0.2) is 4.98 Å². The molecule has 0 unspecified atom stereocenters. The van der Waals surface area contributed by atoms with Gasteiger partial charge in [0.1, 0.15) is 5.69 Å². The van der Waals surface area contributed by atoms with Crippen molar-refractivity contribution < 1.29 is 13.2 Å². The Morgan fingerprint density at radius 3 is 2.35 bits per heavy atom. The minimum Gasteiger partial charge on any atom is -0.398 e. The van der Waals surface area contributed by atoms with E-state index < -0.39 is 11.9 Å². The highest BCUT2D eigenvalue weighted by Crippen LogP contribution is 2.33. The van der Waals surface area contributed by atoms with E-state index in [9.17, 15) is 13.2 Å². The fourth-order valence-electron chi connectivity index (χ4n) is 1.94. The van der Waals surface area contributed by atoms with Crippen LogP contribution in [0.4, 0.5) is 18.9 Å². The SMILES string of the molecule is Cc1cc(C)c2c(N)cc(C(F)(F)F)nc2c1. The van der Waals surface area contributed by atoms with Crippen LogP contribution in [0.2, 0.25) is 0 Å². The Morgan fingerprint density at radius 1 is 1.12 bits per heavy atom. The molecule has 0 atom stereocenters. The fraction of sp³-hybridized carbons (Fsp3) is 0.250. The number of nitrogens with zero attached hydrogens (tertiary/aromatic N) is 1. The number of pyridine rings is 1. The molecule has 17 heavy (non-hydrogen) atoms. The molecule has 0 bridgehead atoms. The van der Waals surface area contributed by atoms with Gasteiger partial charge < -0.3 is 5.73 Å². The smallest absolute Gasteiger partial charge is 0.398 e. The topological polar surface area (TPSA) is 38.9 Å².